The number of nitrogens with zero attached hydrogens (tertiary/aromatic N) is 4. The number of hydrogen-bond acceptors (Lipinski definition) is 7. The Balaban J connectivity index is 1.63. The molecule has 0 aliphatic heterocycles. The third-order valence-corrected chi connectivity index (χ3v) is 6.23. The molecule has 2 unspecified atom stereocenters. The van der Waals surface area contributed by atoms with Crippen molar-refractivity contribution in [2.45, 2.75) is 45.3 Å². The minimum Gasteiger partial charge on any atom is -0.365 e. The highest BCUT2D eigenvalue weighted by molar-refractivity contribution is 7.53. The first-order valence-corrected chi connectivity index (χ1v) is 10.5. The number of halogens is 1. The van der Waals surface area contributed by atoms with E-state index in [4.69, 9.17) is 25.4 Å². The predicted molar refractivity (Wildman–Crippen MR) is 93.8 cm³/mol. The highest BCUT2D eigenvalue weighted by Crippen LogP contribution is 2.49. The van der Waals surface area contributed by atoms with Crippen LogP contribution in [0.15, 0.2) is 12.7 Å². The van der Waals surface area contributed by atoms with Gasteiger partial charge >= 0.3 is 7.60 Å². The van der Waals surface area contributed by atoms with Crippen LogP contribution in [-0.4, -0.2) is 45.2 Å². The summed E-state index contributed by atoms with van der Waals surface area (Å²) < 4.78 is 30.8. The minimum absolute atomic E-state index is 0.00556. The van der Waals surface area contributed by atoms with Crippen molar-refractivity contribution in [1.82, 2.24) is 19.5 Å². The fraction of sp³-hybridized carbons (Fsp3) is 0.667. The zero-order valence-corrected chi connectivity index (χ0v) is 15.9. The van der Waals surface area contributed by atoms with Gasteiger partial charge in [0.15, 0.2) is 10.8 Å². The van der Waals surface area contributed by atoms with Crippen molar-refractivity contribution < 1.29 is 18.3 Å². The molecule has 3 rings (SSSR count). The summed E-state index contributed by atoms with van der Waals surface area (Å²) in [6.45, 7) is 4.23. The second kappa shape index (κ2) is 8.10. The smallest absolute Gasteiger partial charge is 0.356 e. The summed E-state index contributed by atoms with van der Waals surface area (Å²) in [5.41, 5.74) is 1.32. The lowest BCUT2D eigenvalue weighted by Crippen LogP contribution is -2.13. The zero-order chi connectivity index (χ0) is 17.9. The predicted octanol–water partition coefficient (Wildman–Crippen LogP) is 3.81. The molecule has 0 aromatic carbocycles. The first-order chi connectivity index (χ1) is 12.1. The van der Waals surface area contributed by atoms with E-state index in [0.717, 1.165) is 24.9 Å². The molecule has 0 bridgehead atoms. The Morgan fingerprint density at radius 3 is 2.72 bits per heavy atom. The van der Waals surface area contributed by atoms with Gasteiger partial charge in [0.2, 0.25) is 0 Å². The number of hydrogen-bond donors (Lipinski definition) is 0. The van der Waals surface area contributed by atoms with Gasteiger partial charge in [-0.15, -0.1) is 0 Å². The van der Waals surface area contributed by atoms with Gasteiger partial charge in [0.1, 0.15) is 18.2 Å². The lowest BCUT2D eigenvalue weighted by atomic mass is 10.2. The number of fused-ring (bicyclic) bond motifs is 1. The third kappa shape index (κ3) is 4.20. The van der Waals surface area contributed by atoms with E-state index < -0.39 is 7.60 Å². The molecular weight excluding hydrogens is 367 g/mol. The Labute approximate surface area is 151 Å². The van der Waals surface area contributed by atoms with Gasteiger partial charge in [-0.2, -0.15) is 0 Å². The largest absolute Gasteiger partial charge is 0.365 e. The van der Waals surface area contributed by atoms with Crippen LogP contribution in [0.2, 0.25) is 5.15 Å². The van der Waals surface area contributed by atoms with Gasteiger partial charge < -0.3 is 18.4 Å². The minimum atomic E-state index is -3.18. The van der Waals surface area contributed by atoms with Crippen LogP contribution >= 0.6 is 19.2 Å². The second-order valence-electron chi connectivity index (χ2n) is 5.82. The van der Waals surface area contributed by atoms with Crippen molar-refractivity contribution in [1.29, 1.82) is 0 Å². The number of imidazole rings is 1. The summed E-state index contributed by atoms with van der Waals surface area (Å²) in [6, 6.07) is 0.208. The Morgan fingerprint density at radius 2 is 2.00 bits per heavy atom. The average Bonchev–Trinajstić information content (AvgIpc) is 3.20. The second-order valence-corrected chi connectivity index (χ2v) is 8.17. The van der Waals surface area contributed by atoms with Crippen LogP contribution in [0, 0.1) is 0 Å². The molecular formula is C15H22ClN4O4P. The van der Waals surface area contributed by atoms with Crippen LogP contribution in [-0.2, 0) is 18.3 Å². The SMILES string of the molecule is CCOP(=O)(COC1CCC(n2cnc3c(Cl)ncnc32)C1)OCC. The molecule has 8 nitrogen and oxygen atoms in total. The van der Waals surface area contributed by atoms with Gasteiger partial charge in [0.25, 0.3) is 0 Å². The lowest BCUT2D eigenvalue weighted by molar-refractivity contribution is 0.0683. The van der Waals surface area contributed by atoms with E-state index in [-0.39, 0.29) is 18.5 Å². The van der Waals surface area contributed by atoms with Crippen molar-refractivity contribution in [2.75, 3.05) is 19.6 Å². The molecule has 1 aliphatic carbocycles. The molecule has 2 aromatic rings. The molecule has 1 aliphatic rings. The van der Waals surface area contributed by atoms with Gasteiger partial charge in [-0.25, -0.2) is 15.0 Å². The molecule has 1 fully saturated rings. The van der Waals surface area contributed by atoms with Crippen molar-refractivity contribution >= 4 is 30.4 Å². The molecule has 2 aromatic heterocycles. The fourth-order valence-electron chi connectivity index (χ4n) is 3.11. The standard InChI is InChI=1S/C15H22ClN4O4P/c1-3-23-25(21,24-4-2)10-22-12-6-5-11(7-12)20-9-19-13-14(16)17-8-18-15(13)20/h8-9,11-12H,3-7,10H2,1-2H3. The molecule has 25 heavy (non-hydrogen) atoms. The molecule has 0 N–H and O–H groups in total. The van der Waals surface area contributed by atoms with Crippen LogP contribution in [0.25, 0.3) is 11.2 Å². The van der Waals surface area contributed by atoms with Gasteiger partial charge in [0.05, 0.1) is 25.6 Å². The number of rotatable bonds is 8. The number of ether oxygens (including phenoxy) is 1. The highest BCUT2D eigenvalue weighted by atomic mass is 35.5. The van der Waals surface area contributed by atoms with Gasteiger partial charge in [-0.1, -0.05) is 11.6 Å². The van der Waals surface area contributed by atoms with E-state index in [2.05, 4.69) is 15.0 Å². The molecule has 1 saturated carbocycles. The average molecular weight is 389 g/mol. The van der Waals surface area contributed by atoms with Crippen molar-refractivity contribution in [3.8, 4) is 0 Å². The highest BCUT2D eigenvalue weighted by Gasteiger charge is 2.31. The Bertz CT molecular complexity index is 761. The van der Waals surface area contributed by atoms with Crippen LogP contribution < -0.4 is 0 Å². The van der Waals surface area contributed by atoms with Gasteiger partial charge in [-0.05, 0) is 33.1 Å². The molecule has 2 atom stereocenters. The molecule has 138 valence electrons. The zero-order valence-electron chi connectivity index (χ0n) is 14.3. The first-order valence-electron chi connectivity index (χ1n) is 8.39. The van der Waals surface area contributed by atoms with Gasteiger partial charge in [-0.3, -0.25) is 4.57 Å². The summed E-state index contributed by atoms with van der Waals surface area (Å²) >= 11 is 6.05. The van der Waals surface area contributed by atoms with Crippen molar-refractivity contribution in [3.63, 3.8) is 0 Å². The summed E-state index contributed by atoms with van der Waals surface area (Å²) in [5, 5.41) is 0.351. The molecule has 0 amide bonds. The van der Waals surface area contributed by atoms with Crippen LogP contribution in [0.5, 0.6) is 0 Å². The van der Waals surface area contributed by atoms with Crippen molar-refractivity contribution in [3.05, 3.63) is 17.8 Å². The Kier molecular flexibility index (Phi) is 6.07. The molecule has 0 spiro atoms. The van der Waals surface area contributed by atoms with Gasteiger partial charge in [0, 0.05) is 6.04 Å². The summed E-state index contributed by atoms with van der Waals surface area (Å²) in [6.07, 6.45) is 5.72. The Hall–Kier alpha value is -1.05. The maximum atomic E-state index is 12.5. The van der Waals surface area contributed by atoms with E-state index in [1.807, 2.05) is 4.57 Å². The van der Waals surface area contributed by atoms with Crippen LogP contribution in [0.1, 0.15) is 39.2 Å². The molecule has 2 heterocycles. The Morgan fingerprint density at radius 1 is 1.24 bits per heavy atom. The fourth-order valence-corrected chi connectivity index (χ4v) is 4.69. The van der Waals surface area contributed by atoms with Crippen LogP contribution in [0.3, 0.4) is 0 Å². The maximum Gasteiger partial charge on any atom is 0.356 e. The van der Waals surface area contributed by atoms with E-state index in [1.165, 1.54) is 6.33 Å². The molecule has 0 saturated heterocycles. The van der Waals surface area contributed by atoms with E-state index >= 15 is 0 Å². The quantitative estimate of drug-likeness (QED) is 0.501. The monoisotopic (exact) mass is 388 g/mol. The lowest BCUT2D eigenvalue weighted by Gasteiger charge is -2.19. The summed E-state index contributed by atoms with van der Waals surface area (Å²) in [5.74, 6) is 0. The summed E-state index contributed by atoms with van der Waals surface area (Å²) in [4.78, 5) is 12.5. The van der Waals surface area contributed by atoms with E-state index in [9.17, 15) is 4.57 Å². The normalized spacial score (nSPS) is 21.2. The van der Waals surface area contributed by atoms with Crippen LogP contribution in [0.4, 0.5) is 0 Å². The third-order valence-electron chi connectivity index (χ3n) is 4.18. The number of aromatic nitrogens is 4. The molecule has 10 heteroatoms. The van der Waals surface area contributed by atoms with E-state index in [1.54, 1.807) is 20.2 Å². The topological polar surface area (TPSA) is 88.4 Å². The molecule has 0 radical (unpaired) electrons. The first kappa shape index (κ1) is 18.7. The van der Waals surface area contributed by atoms with E-state index in [0.29, 0.717) is 23.9 Å². The maximum absolute atomic E-state index is 12.5. The summed E-state index contributed by atoms with van der Waals surface area (Å²) in [7, 11) is -3.18. The van der Waals surface area contributed by atoms with Crippen molar-refractivity contribution in [2.24, 2.45) is 0 Å².